The van der Waals surface area contributed by atoms with Crippen molar-refractivity contribution in [2.75, 3.05) is 0 Å². The van der Waals surface area contributed by atoms with Gasteiger partial charge in [0, 0.05) is 11.3 Å². The SMILES string of the molecule is CC(C)(C)/C=C/C(NC(=O)c1ccc(-n2cnnc2)cc1)C(=O)O. The summed E-state index contributed by atoms with van der Waals surface area (Å²) in [6.07, 6.45) is 6.35. The zero-order valence-corrected chi connectivity index (χ0v) is 13.8. The molecule has 2 aromatic rings. The first kappa shape index (κ1) is 17.4. The first-order chi connectivity index (χ1) is 11.3. The third-order valence-electron chi connectivity index (χ3n) is 3.19. The molecule has 0 radical (unpaired) electrons. The number of benzene rings is 1. The number of aromatic nitrogens is 3. The van der Waals surface area contributed by atoms with Crippen molar-refractivity contribution in [2.24, 2.45) is 5.41 Å². The van der Waals surface area contributed by atoms with Crippen molar-refractivity contribution in [3.8, 4) is 5.69 Å². The van der Waals surface area contributed by atoms with Crippen molar-refractivity contribution < 1.29 is 14.7 Å². The van der Waals surface area contributed by atoms with Gasteiger partial charge in [0.25, 0.3) is 5.91 Å². The Bertz CT molecular complexity index is 728. The number of rotatable bonds is 5. The van der Waals surface area contributed by atoms with Crippen LogP contribution in [-0.4, -0.2) is 37.8 Å². The highest BCUT2D eigenvalue weighted by molar-refractivity contribution is 5.97. The Morgan fingerprint density at radius 3 is 2.25 bits per heavy atom. The third-order valence-corrected chi connectivity index (χ3v) is 3.19. The van der Waals surface area contributed by atoms with E-state index in [9.17, 15) is 14.7 Å². The standard InChI is InChI=1S/C17H20N4O3/c1-17(2,3)9-8-14(16(23)24)20-15(22)12-4-6-13(7-5-12)21-10-18-19-11-21/h4-11,14H,1-3H3,(H,20,22)(H,23,24)/b9-8+. The molecule has 24 heavy (non-hydrogen) atoms. The van der Waals surface area contributed by atoms with Gasteiger partial charge in [-0.25, -0.2) is 4.79 Å². The second-order valence-electron chi connectivity index (χ2n) is 6.43. The van der Waals surface area contributed by atoms with Gasteiger partial charge in [-0.3, -0.25) is 9.36 Å². The zero-order valence-electron chi connectivity index (χ0n) is 13.8. The molecule has 7 heteroatoms. The maximum absolute atomic E-state index is 12.2. The Kier molecular flexibility index (Phi) is 5.13. The Morgan fingerprint density at radius 2 is 1.75 bits per heavy atom. The molecule has 0 bridgehead atoms. The van der Waals surface area contributed by atoms with Crippen LogP contribution in [-0.2, 0) is 4.79 Å². The van der Waals surface area contributed by atoms with E-state index in [0.717, 1.165) is 5.69 Å². The second kappa shape index (κ2) is 7.08. The van der Waals surface area contributed by atoms with Gasteiger partial charge in [-0.1, -0.05) is 32.9 Å². The molecule has 2 N–H and O–H groups in total. The molecule has 1 aromatic carbocycles. The molecule has 1 unspecified atom stereocenters. The number of carboxylic acid groups (broad SMARTS) is 1. The van der Waals surface area contributed by atoms with Crippen molar-refractivity contribution in [1.29, 1.82) is 0 Å². The highest BCUT2D eigenvalue weighted by atomic mass is 16.4. The first-order valence-electron chi connectivity index (χ1n) is 7.44. The normalized spacial score (nSPS) is 13.0. The Hall–Kier alpha value is -2.96. The lowest BCUT2D eigenvalue weighted by atomic mass is 9.95. The lowest BCUT2D eigenvalue weighted by Gasteiger charge is -2.15. The van der Waals surface area contributed by atoms with E-state index >= 15 is 0 Å². The molecule has 2 rings (SSSR count). The summed E-state index contributed by atoms with van der Waals surface area (Å²) in [6, 6.07) is 5.64. The predicted molar refractivity (Wildman–Crippen MR) is 88.8 cm³/mol. The van der Waals surface area contributed by atoms with E-state index in [1.165, 1.54) is 6.08 Å². The Balaban J connectivity index is 2.10. The minimum atomic E-state index is -1.11. The van der Waals surface area contributed by atoms with Gasteiger partial charge >= 0.3 is 5.97 Å². The fourth-order valence-corrected chi connectivity index (χ4v) is 1.92. The van der Waals surface area contributed by atoms with E-state index in [2.05, 4.69) is 15.5 Å². The molecule has 0 aliphatic carbocycles. The Morgan fingerprint density at radius 1 is 1.17 bits per heavy atom. The molecular formula is C17H20N4O3. The number of nitrogens with one attached hydrogen (secondary N) is 1. The summed E-state index contributed by atoms with van der Waals surface area (Å²) in [5.41, 5.74) is 1.01. The molecule has 1 aromatic heterocycles. The third kappa shape index (κ3) is 4.77. The molecule has 0 aliphatic heterocycles. The van der Waals surface area contributed by atoms with Crippen LogP contribution in [0.4, 0.5) is 0 Å². The smallest absolute Gasteiger partial charge is 0.330 e. The molecule has 1 heterocycles. The molecule has 0 fully saturated rings. The van der Waals surface area contributed by atoms with Crippen molar-refractivity contribution in [1.82, 2.24) is 20.1 Å². The first-order valence-corrected chi connectivity index (χ1v) is 7.44. The van der Waals surface area contributed by atoms with Crippen LogP contribution in [0.25, 0.3) is 5.69 Å². The van der Waals surface area contributed by atoms with E-state index < -0.39 is 17.9 Å². The van der Waals surface area contributed by atoms with Crippen molar-refractivity contribution in [2.45, 2.75) is 26.8 Å². The summed E-state index contributed by atoms with van der Waals surface area (Å²) >= 11 is 0. The number of aliphatic carboxylic acids is 1. The second-order valence-corrected chi connectivity index (χ2v) is 6.43. The highest BCUT2D eigenvalue weighted by Gasteiger charge is 2.19. The topological polar surface area (TPSA) is 97.1 Å². The number of nitrogens with zero attached hydrogens (tertiary/aromatic N) is 3. The van der Waals surface area contributed by atoms with Crippen LogP contribution in [0.2, 0.25) is 0 Å². The van der Waals surface area contributed by atoms with Gasteiger partial charge < -0.3 is 10.4 Å². The van der Waals surface area contributed by atoms with Crippen LogP contribution in [0.3, 0.4) is 0 Å². The lowest BCUT2D eigenvalue weighted by Crippen LogP contribution is -2.39. The lowest BCUT2D eigenvalue weighted by molar-refractivity contribution is -0.137. The van der Waals surface area contributed by atoms with Gasteiger partial charge in [0.2, 0.25) is 0 Å². The average molecular weight is 328 g/mol. The maximum Gasteiger partial charge on any atom is 0.330 e. The average Bonchev–Trinajstić information content (AvgIpc) is 3.04. The molecule has 7 nitrogen and oxygen atoms in total. The minimum Gasteiger partial charge on any atom is -0.479 e. The number of allylic oxidation sites excluding steroid dienone is 1. The molecule has 0 saturated heterocycles. The summed E-state index contributed by atoms with van der Waals surface area (Å²) in [4.78, 5) is 23.6. The molecule has 126 valence electrons. The van der Waals surface area contributed by atoms with Gasteiger partial charge in [-0.05, 0) is 29.7 Å². The molecule has 1 atom stereocenters. The van der Waals surface area contributed by atoms with Gasteiger partial charge in [-0.2, -0.15) is 0 Å². The molecular weight excluding hydrogens is 308 g/mol. The Labute approximate surface area is 140 Å². The number of amides is 1. The van der Waals surface area contributed by atoms with Gasteiger partial charge in [0.15, 0.2) is 0 Å². The maximum atomic E-state index is 12.2. The van der Waals surface area contributed by atoms with Crippen LogP contribution in [0.5, 0.6) is 0 Å². The van der Waals surface area contributed by atoms with Crippen molar-refractivity contribution in [3.63, 3.8) is 0 Å². The quantitative estimate of drug-likeness (QED) is 0.819. The zero-order chi connectivity index (χ0) is 17.7. The van der Waals surface area contributed by atoms with Crippen LogP contribution >= 0.6 is 0 Å². The van der Waals surface area contributed by atoms with E-state index in [1.54, 1.807) is 47.6 Å². The summed E-state index contributed by atoms with van der Waals surface area (Å²) in [6.45, 7) is 5.86. The summed E-state index contributed by atoms with van der Waals surface area (Å²) in [5, 5.41) is 19.2. The van der Waals surface area contributed by atoms with E-state index in [1.807, 2.05) is 20.8 Å². The van der Waals surface area contributed by atoms with Crippen molar-refractivity contribution in [3.05, 3.63) is 54.6 Å². The number of carbonyl (C=O) groups is 2. The monoisotopic (exact) mass is 328 g/mol. The number of carboxylic acids is 1. The number of carbonyl (C=O) groups excluding carboxylic acids is 1. The van der Waals surface area contributed by atoms with Crippen LogP contribution in [0, 0.1) is 5.41 Å². The number of hydrogen-bond acceptors (Lipinski definition) is 4. The fourth-order valence-electron chi connectivity index (χ4n) is 1.92. The summed E-state index contributed by atoms with van der Waals surface area (Å²) < 4.78 is 1.70. The summed E-state index contributed by atoms with van der Waals surface area (Å²) in [7, 11) is 0. The van der Waals surface area contributed by atoms with Crippen LogP contribution in [0.15, 0.2) is 49.1 Å². The molecule has 0 saturated carbocycles. The van der Waals surface area contributed by atoms with Crippen LogP contribution in [0.1, 0.15) is 31.1 Å². The van der Waals surface area contributed by atoms with E-state index in [0.29, 0.717) is 5.56 Å². The highest BCUT2D eigenvalue weighted by Crippen LogP contribution is 2.15. The van der Waals surface area contributed by atoms with Gasteiger partial charge in [0.1, 0.15) is 18.7 Å². The van der Waals surface area contributed by atoms with Gasteiger partial charge in [0.05, 0.1) is 0 Å². The molecule has 0 aliphatic rings. The fraction of sp³-hybridized carbons (Fsp3) is 0.294. The van der Waals surface area contributed by atoms with Gasteiger partial charge in [-0.15, -0.1) is 10.2 Å². The van der Waals surface area contributed by atoms with Crippen LogP contribution < -0.4 is 5.32 Å². The minimum absolute atomic E-state index is 0.168. The van der Waals surface area contributed by atoms with Crippen molar-refractivity contribution >= 4 is 11.9 Å². The molecule has 0 spiro atoms. The molecule has 1 amide bonds. The summed E-state index contributed by atoms with van der Waals surface area (Å²) in [5.74, 6) is -1.55. The predicted octanol–water partition coefficient (Wildman–Crippen LogP) is 2.05. The largest absolute Gasteiger partial charge is 0.479 e. The van der Waals surface area contributed by atoms with E-state index in [4.69, 9.17) is 0 Å². The van der Waals surface area contributed by atoms with E-state index in [-0.39, 0.29) is 5.41 Å². The number of hydrogen-bond donors (Lipinski definition) is 2.